The molecular weight excluding hydrogens is 361 g/mol. The Bertz CT molecular complexity index is 981. The first kappa shape index (κ1) is 22.7. The van der Waals surface area contributed by atoms with Crippen LogP contribution in [0.2, 0.25) is 0 Å². The van der Waals surface area contributed by atoms with Crippen LogP contribution >= 0.6 is 0 Å². The standard InChI is InChI=1S/C19H22NO3S2.Li/c1-16-10-12-18(13-11-16)25(22,23)20-24(21,15-14-19(2,3)4)17-8-6-5-7-9-17;/h5-14H,1-4H3;/q-1;+1. The van der Waals surface area contributed by atoms with Gasteiger partial charge in [-0.2, -0.15) is 8.42 Å². The molecule has 0 aromatic heterocycles. The van der Waals surface area contributed by atoms with Crippen LogP contribution < -0.4 is 18.9 Å². The molecule has 134 valence electrons. The average molecular weight is 383 g/mol. The summed E-state index contributed by atoms with van der Waals surface area (Å²) in [6.07, 6.45) is 1.61. The van der Waals surface area contributed by atoms with Crippen LogP contribution in [0.1, 0.15) is 26.3 Å². The maximum absolute atomic E-state index is 13.4. The second-order valence-electron chi connectivity index (χ2n) is 6.83. The van der Waals surface area contributed by atoms with Crippen molar-refractivity contribution in [1.29, 1.82) is 0 Å². The molecule has 4 nitrogen and oxygen atoms in total. The number of hydrogen-bond acceptors (Lipinski definition) is 3. The van der Waals surface area contributed by atoms with Gasteiger partial charge in [-0.1, -0.05) is 62.1 Å². The minimum atomic E-state index is -4.08. The van der Waals surface area contributed by atoms with Crippen LogP contribution in [0, 0.1) is 17.7 Å². The van der Waals surface area contributed by atoms with Gasteiger partial charge in [0.25, 0.3) is 10.0 Å². The molecule has 0 N–H and O–H groups in total. The molecule has 0 saturated heterocycles. The fraction of sp³-hybridized carbons (Fsp3) is 0.263. The van der Waals surface area contributed by atoms with E-state index in [0.717, 1.165) is 5.56 Å². The summed E-state index contributed by atoms with van der Waals surface area (Å²) in [5.41, 5.74) is 0.627. The Morgan fingerprint density at radius 3 is 1.92 bits per heavy atom. The zero-order chi connectivity index (χ0) is 18.7. The van der Waals surface area contributed by atoms with E-state index in [2.05, 4.69) is 9.18 Å². The Kier molecular flexibility index (Phi) is 7.49. The summed E-state index contributed by atoms with van der Waals surface area (Å²) in [5.74, 6) is 0. The number of nitrogens with zero attached hydrogens (tertiary/aromatic N) is 1. The summed E-state index contributed by atoms with van der Waals surface area (Å²) >= 11 is 0. The molecule has 0 aliphatic rings. The third-order valence-electron chi connectivity index (χ3n) is 3.24. The summed E-state index contributed by atoms with van der Waals surface area (Å²) in [6.45, 7) is 7.61. The van der Waals surface area contributed by atoms with E-state index in [1.165, 1.54) is 12.1 Å². The maximum atomic E-state index is 13.4. The minimum Gasteiger partial charge on any atom is -0.382 e. The van der Waals surface area contributed by atoms with E-state index >= 15 is 0 Å². The fourth-order valence-corrected chi connectivity index (χ4v) is 5.51. The molecule has 0 aliphatic carbocycles. The van der Waals surface area contributed by atoms with Crippen LogP contribution in [-0.2, 0) is 19.8 Å². The molecule has 0 amide bonds. The molecule has 0 heterocycles. The largest absolute Gasteiger partial charge is 1.00 e. The van der Waals surface area contributed by atoms with E-state index < -0.39 is 19.8 Å². The maximum Gasteiger partial charge on any atom is 1.00 e. The van der Waals surface area contributed by atoms with Crippen molar-refractivity contribution in [2.45, 2.75) is 37.5 Å². The minimum absolute atomic E-state index is 0. The van der Waals surface area contributed by atoms with E-state index in [1.54, 1.807) is 48.5 Å². The summed E-state index contributed by atoms with van der Waals surface area (Å²) < 4.78 is 42.5. The summed E-state index contributed by atoms with van der Waals surface area (Å²) in [5, 5.41) is 2.75. The van der Waals surface area contributed by atoms with Gasteiger partial charge < -0.3 is 5.41 Å². The molecule has 26 heavy (non-hydrogen) atoms. The van der Waals surface area contributed by atoms with E-state index in [0.29, 0.717) is 4.90 Å². The van der Waals surface area contributed by atoms with Gasteiger partial charge in [0.05, 0.1) is 4.90 Å². The molecule has 2 aromatic carbocycles. The summed E-state index contributed by atoms with van der Waals surface area (Å²) in [7, 11) is -7.47. The van der Waals surface area contributed by atoms with Crippen molar-refractivity contribution in [3.8, 4) is 0 Å². The normalized spacial score (nSPS) is 14.5. The van der Waals surface area contributed by atoms with Crippen LogP contribution in [0.25, 0.3) is 0 Å². The van der Waals surface area contributed by atoms with Gasteiger partial charge in [0, 0.05) is 4.90 Å². The third kappa shape index (κ3) is 6.13. The predicted octanol–water partition coefficient (Wildman–Crippen LogP) is 1.58. The zero-order valence-electron chi connectivity index (χ0n) is 15.8. The molecule has 0 spiro atoms. The first-order chi connectivity index (χ1) is 11.5. The molecule has 0 fully saturated rings. The van der Waals surface area contributed by atoms with E-state index in [4.69, 9.17) is 0 Å². The van der Waals surface area contributed by atoms with Gasteiger partial charge in [-0.05, 0) is 40.9 Å². The molecule has 0 radical (unpaired) electrons. The van der Waals surface area contributed by atoms with Crippen LogP contribution in [0.4, 0.5) is 0 Å². The van der Waals surface area contributed by atoms with Gasteiger partial charge in [-0.15, -0.1) is 3.77 Å². The number of benzene rings is 2. The quantitative estimate of drug-likeness (QED) is 0.595. The summed E-state index contributed by atoms with van der Waals surface area (Å²) in [4.78, 5) is 0.325. The Balaban J connectivity index is 0.00000338. The average Bonchev–Trinajstić information content (AvgIpc) is 2.53. The van der Waals surface area contributed by atoms with Gasteiger partial charge in [0.2, 0.25) is 0 Å². The number of sulfonamides is 1. The first-order valence-electron chi connectivity index (χ1n) is 7.79. The van der Waals surface area contributed by atoms with Crippen molar-refractivity contribution in [2.24, 2.45) is 9.18 Å². The molecule has 1 unspecified atom stereocenters. The van der Waals surface area contributed by atoms with Gasteiger partial charge in [0.15, 0.2) is 0 Å². The first-order valence-corrected chi connectivity index (χ1v) is 10.7. The molecular formula is C19H22LiNO3S2. The monoisotopic (exact) mass is 383 g/mol. The van der Waals surface area contributed by atoms with Crippen molar-refractivity contribution in [2.75, 3.05) is 0 Å². The SMILES string of the molecule is Cc1ccc(S(=O)(=O)N=S(=O)([C-]=CC(C)(C)C)c2ccccc2)cc1.[Li+]. The van der Waals surface area contributed by atoms with Crippen molar-refractivity contribution in [3.63, 3.8) is 0 Å². The molecule has 2 aromatic rings. The molecule has 0 aliphatic heterocycles. The van der Waals surface area contributed by atoms with E-state index in [9.17, 15) is 12.6 Å². The van der Waals surface area contributed by atoms with Crippen LogP contribution in [0.15, 0.2) is 74.2 Å². The second kappa shape index (κ2) is 8.58. The smallest absolute Gasteiger partial charge is 0.382 e. The van der Waals surface area contributed by atoms with Gasteiger partial charge in [-0.3, -0.25) is 10.3 Å². The van der Waals surface area contributed by atoms with Crippen molar-refractivity contribution >= 4 is 19.8 Å². The van der Waals surface area contributed by atoms with Crippen molar-refractivity contribution in [1.82, 2.24) is 0 Å². The number of hydrogen-bond donors (Lipinski definition) is 0. The van der Waals surface area contributed by atoms with Crippen LogP contribution in [0.3, 0.4) is 0 Å². The number of allylic oxidation sites excluding steroid dienone is 1. The van der Waals surface area contributed by atoms with E-state index in [1.807, 2.05) is 27.7 Å². The summed E-state index contributed by atoms with van der Waals surface area (Å²) in [6, 6.07) is 14.6. The van der Waals surface area contributed by atoms with Crippen molar-refractivity contribution in [3.05, 3.63) is 71.6 Å². The third-order valence-corrected chi connectivity index (χ3v) is 7.08. The Hall–Kier alpha value is -1.32. The van der Waals surface area contributed by atoms with E-state index in [-0.39, 0.29) is 29.2 Å². The molecule has 0 bridgehead atoms. The zero-order valence-corrected chi connectivity index (χ0v) is 17.4. The molecule has 7 heteroatoms. The fourth-order valence-electron chi connectivity index (χ4n) is 1.89. The van der Waals surface area contributed by atoms with Crippen LogP contribution in [-0.4, -0.2) is 12.6 Å². The predicted molar refractivity (Wildman–Crippen MR) is 101 cm³/mol. The number of rotatable bonds is 4. The van der Waals surface area contributed by atoms with Gasteiger partial charge in [-0.25, -0.2) is 0 Å². The molecule has 2 rings (SSSR count). The topological polar surface area (TPSA) is 63.6 Å². The second-order valence-corrected chi connectivity index (χ2v) is 10.6. The van der Waals surface area contributed by atoms with Gasteiger partial charge in [0.1, 0.15) is 0 Å². The van der Waals surface area contributed by atoms with Crippen LogP contribution in [0.5, 0.6) is 0 Å². The number of aryl methyl sites for hydroxylation is 1. The van der Waals surface area contributed by atoms with Crippen molar-refractivity contribution < 1.29 is 31.5 Å². The molecule has 0 saturated carbocycles. The Labute approximate surface area is 169 Å². The molecule has 1 atom stereocenters. The Morgan fingerprint density at radius 2 is 1.42 bits per heavy atom. The van der Waals surface area contributed by atoms with Gasteiger partial charge >= 0.3 is 18.9 Å². The Morgan fingerprint density at radius 1 is 0.885 bits per heavy atom.